The Kier molecular flexibility index (Phi) is 3.69. The zero-order valence-corrected chi connectivity index (χ0v) is 12.2. The van der Waals surface area contributed by atoms with Gasteiger partial charge >= 0.3 is 0 Å². The van der Waals surface area contributed by atoms with Gasteiger partial charge in [-0.25, -0.2) is 0 Å². The van der Waals surface area contributed by atoms with Gasteiger partial charge in [0.05, 0.1) is 11.1 Å². The molecule has 2 aliphatic heterocycles. The smallest absolute Gasteiger partial charge is 0.155 e. The van der Waals surface area contributed by atoms with Crippen LogP contribution in [0.15, 0.2) is 0 Å². The van der Waals surface area contributed by atoms with E-state index >= 15 is 0 Å². The van der Waals surface area contributed by atoms with E-state index in [-0.39, 0.29) is 17.1 Å². The number of carbonyl (C=O) groups excluding carboxylic acids is 1. The molecular formula is C16H27NO2. The van der Waals surface area contributed by atoms with Crippen LogP contribution in [0, 0.1) is 5.92 Å². The van der Waals surface area contributed by atoms with E-state index in [2.05, 4.69) is 12.2 Å². The number of nitrogens with one attached hydrogen (secondary N) is 1. The van der Waals surface area contributed by atoms with Gasteiger partial charge in [0.15, 0.2) is 5.78 Å². The van der Waals surface area contributed by atoms with Crippen LogP contribution >= 0.6 is 0 Å². The van der Waals surface area contributed by atoms with Crippen LogP contribution in [0.5, 0.6) is 0 Å². The van der Waals surface area contributed by atoms with Crippen molar-refractivity contribution in [2.24, 2.45) is 5.92 Å². The van der Waals surface area contributed by atoms with Crippen molar-refractivity contribution in [3.8, 4) is 0 Å². The van der Waals surface area contributed by atoms with Gasteiger partial charge in [-0.05, 0) is 52.0 Å². The highest BCUT2D eigenvalue weighted by Crippen LogP contribution is 2.42. The molecule has 3 heteroatoms. The normalized spacial score (nSPS) is 38.5. The monoisotopic (exact) mass is 265 g/mol. The van der Waals surface area contributed by atoms with Crippen molar-refractivity contribution < 1.29 is 9.53 Å². The van der Waals surface area contributed by atoms with Gasteiger partial charge < -0.3 is 10.1 Å². The molecule has 1 saturated carbocycles. The van der Waals surface area contributed by atoms with E-state index in [4.69, 9.17) is 4.74 Å². The molecule has 0 aromatic heterocycles. The van der Waals surface area contributed by atoms with Crippen LogP contribution in [0.3, 0.4) is 0 Å². The number of rotatable bonds is 2. The maximum absolute atomic E-state index is 12.8. The fourth-order valence-corrected chi connectivity index (χ4v) is 4.35. The summed E-state index contributed by atoms with van der Waals surface area (Å²) in [6.45, 7) is 3.88. The minimum absolute atomic E-state index is 0.0474. The summed E-state index contributed by atoms with van der Waals surface area (Å²) in [7, 11) is 0. The van der Waals surface area contributed by atoms with Gasteiger partial charge in [0.2, 0.25) is 0 Å². The first-order valence-electron chi connectivity index (χ1n) is 8.07. The summed E-state index contributed by atoms with van der Waals surface area (Å²) in [6.07, 6.45) is 10.3. The molecule has 1 N–H and O–H groups in total. The summed E-state index contributed by atoms with van der Waals surface area (Å²) in [4.78, 5) is 12.8. The molecule has 1 aliphatic carbocycles. The van der Waals surface area contributed by atoms with E-state index in [0.29, 0.717) is 5.78 Å². The van der Waals surface area contributed by atoms with E-state index in [1.807, 2.05) is 0 Å². The third-order valence-corrected chi connectivity index (χ3v) is 5.54. The molecule has 3 rings (SSSR count). The zero-order chi connectivity index (χ0) is 13.3. The Labute approximate surface area is 116 Å². The first-order valence-corrected chi connectivity index (χ1v) is 8.07. The van der Waals surface area contributed by atoms with Crippen LogP contribution in [0.1, 0.15) is 64.7 Å². The third kappa shape index (κ3) is 2.59. The van der Waals surface area contributed by atoms with E-state index in [1.165, 1.54) is 32.1 Å². The van der Waals surface area contributed by atoms with E-state index in [1.54, 1.807) is 0 Å². The molecule has 2 heterocycles. The molecule has 108 valence electrons. The molecule has 2 saturated heterocycles. The fraction of sp³-hybridized carbons (Fsp3) is 0.938. The lowest BCUT2D eigenvalue weighted by Gasteiger charge is -2.44. The average Bonchev–Trinajstić information content (AvgIpc) is 2.87. The standard InChI is InChI=1S/C16H27NO2/c1-15(7-5-10-17-15)14(18)13-6-11-19-16(12-13)8-3-2-4-9-16/h13,17H,2-12H2,1H3. The molecule has 3 nitrogen and oxygen atoms in total. The number of carbonyl (C=O) groups is 1. The van der Waals surface area contributed by atoms with Crippen LogP contribution in [-0.2, 0) is 9.53 Å². The van der Waals surface area contributed by atoms with E-state index in [0.717, 1.165) is 38.8 Å². The van der Waals surface area contributed by atoms with Gasteiger partial charge in [-0.15, -0.1) is 0 Å². The first-order chi connectivity index (χ1) is 9.14. The van der Waals surface area contributed by atoms with Crippen LogP contribution in [-0.4, -0.2) is 30.1 Å². The zero-order valence-electron chi connectivity index (χ0n) is 12.2. The van der Waals surface area contributed by atoms with Gasteiger partial charge in [0.1, 0.15) is 0 Å². The number of Topliss-reactive ketones (excluding diaryl/α,β-unsaturated/α-hetero) is 1. The topological polar surface area (TPSA) is 38.3 Å². The highest BCUT2D eigenvalue weighted by Gasteiger charge is 2.46. The fourth-order valence-electron chi connectivity index (χ4n) is 4.35. The Morgan fingerprint density at radius 1 is 1.16 bits per heavy atom. The predicted octanol–water partition coefficient (Wildman–Crippen LogP) is 2.83. The number of hydrogen-bond acceptors (Lipinski definition) is 3. The van der Waals surface area contributed by atoms with Crippen LogP contribution in [0.25, 0.3) is 0 Å². The van der Waals surface area contributed by atoms with Crippen molar-refractivity contribution in [1.82, 2.24) is 5.32 Å². The molecule has 0 aromatic carbocycles. The molecular weight excluding hydrogens is 238 g/mol. The molecule has 3 fully saturated rings. The lowest BCUT2D eigenvalue weighted by molar-refractivity contribution is -0.147. The Morgan fingerprint density at radius 2 is 1.95 bits per heavy atom. The number of ketones is 1. The Morgan fingerprint density at radius 3 is 2.63 bits per heavy atom. The van der Waals surface area contributed by atoms with Crippen LogP contribution in [0.2, 0.25) is 0 Å². The molecule has 0 bridgehead atoms. The first kappa shape index (κ1) is 13.6. The van der Waals surface area contributed by atoms with E-state index in [9.17, 15) is 4.79 Å². The van der Waals surface area contributed by atoms with Crippen molar-refractivity contribution in [3.05, 3.63) is 0 Å². The van der Waals surface area contributed by atoms with Crippen molar-refractivity contribution >= 4 is 5.78 Å². The molecule has 0 radical (unpaired) electrons. The van der Waals surface area contributed by atoms with Crippen LogP contribution < -0.4 is 5.32 Å². The quantitative estimate of drug-likeness (QED) is 0.834. The van der Waals surface area contributed by atoms with Gasteiger partial charge in [-0.3, -0.25) is 4.79 Å². The van der Waals surface area contributed by atoms with Crippen LogP contribution in [0.4, 0.5) is 0 Å². The predicted molar refractivity (Wildman–Crippen MR) is 75.1 cm³/mol. The van der Waals surface area contributed by atoms with Crippen molar-refractivity contribution in [1.29, 1.82) is 0 Å². The highest BCUT2D eigenvalue weighted by atomic mass is 16.5. The highest BCUT2D eigenvalue weighted by molar-refractivity contribution is 5.90. The van der Waals surface area contributed by atoms with Gasteiger partial charge in [-0.1, -0.05) is 19.3 Å². The summed E-state index contributed by atoms with van der Waals surface area (Å²) in [5, 5.41) is 3.43. The summed E-state index contributed by atoms with van der Waals surface area (Å²) >= 11 is 0. The number of hydrogen-bond donors (Lipinski definition) is 1. The van der Waals surface area contributed by atoms with Crippen molar-refractivity contribution in [2.75, 3.05) is 13.2 Å². The number of ether oxygens (including phenoxy) is 1. The maximum atomic E-state index is 12.8. The average molecular weight is 265 g/mol. The SMILES string of the molecule is CC1(C(=O)C2CCOC3(CCCCC3)C2)CCCN1. The molecule has 0 aromatic rings. The molecule has 1 spiro atoms. The Balaban J connectivity index is 1.69. The maximum Gasteiger partial charge on any atom is 0.155 e. The molecule has 3 aliphatic rings. The van der Waals surface area contributed by atoms with Gasteiger partial charge in [0.25, 0.3) is 0 Å². The molecule has 2 atom stereocenters. The summed E-state index contributed by atoms with van der Waals surface area (Å²) < 4.78 is 6.11. The lowest BCUT2D eigenvalue weighted by atomic mass is 9.72. The Bertz CT molecular complexity index is 335. The minimum atomic E-state index is -0.252. The minimum Gasteiger partial charge on any atom is -0.375 e. The summed E-state index contributed by atoms with van der Waals surface area (Å²) in [5.74, 6) is 0.681. The molecule has 19 heavy (non-hydrogen) atoms. The molecule has 0 amide bonds. The second kappa shape index (κ2) is 5.17. The summed E-state index contributed by atoms with van der Waals surface area (Å²) in [5.41, 5.74) is -0.205. The lowest BCUT2D eigenvalue weighted by Crippen LogP contribution is -2.52. The largest absolute Gasteiger partial charge is 0.375 e. The van der Waals surface area contributed by atoms with Gasteiger partial charge in [-0.2, -0.15) is 0 Å². The Hall–Kier alpha value is -0.410. The van der Waals surface area contributed by atoms with E-state index < -0.39 is 0 Å². The van der Waals surface area contributed by atoms with Crippen molar-refractivity contribution in [2.45, 2.75) is 75.9 Å². The summed E-state index contributed by atoms with van der Waals surface area (Å²) in [6, 6.07) is 0. The second-order valence-corrected chi connectivity index (χ2v) is 7.01. The third-order valence-electron chi connectivity index (χ3n) is 5.54. The van der Waals surface area contributed by atoms with Gasteiger partial charge in [0, 0.05) is 12.5 Å². The second-order valence-electron chi connectivity index (χ2n) is 7.01. The van der Waals surface area contributed by atoms with Crippen molar-refractivity contribution in [3.63, 3.8) is 0 Å². The molecule has 2 unspecified atom stereocenters.